The van der Waals surface area contributed by atoms with E-state index in [1.54, 1.807) is 39.0 Å². The highest BCUT2D eigenvalue weighted by Gasteiger charge is 2.27. The lowest BCUT2D eigenvalue weighted by Gasteiger charge is -2.30. The van der Waals surface area contributed by atoms with Gasteiger partial charge < -0.3 is 14.7 Å². The second-order valence-electron chi connectivity index (χ2n) is 8.31. The zero-order valence-corrected chi connectivity index (χ0v) is 17.8. The van der Waals surface area contributed by atoms with Gasteiger partial charge in [-0.25, -0.2) is 9.18 Å². The molecule has 1 aromatic carbocycles. The fraction of sp³-hybridized carbons (Fsp3) is 0.571. The van der Waals surface area contributed by atoms with Crippen LogP contribution in [0.25, 0.3) is 0 Å². The number of carbonyl (C=O) groups excluding carboxylic acids is 2. The molecule has 29 heavy (non-hydrogen) atoms. The van der Waals surface area contributed by atoms with Gasteiger partial charge in [-0.3, -0.25) is 14.5 Å². The van der Waals surface area contributed by atoms with E-state index in [0.717, 1.165) is 0 Å². The molecule has 0 radical (unpaired) electrons. The van der Waals surface area contributed by atoms with Gasteiger partial charge in [-0.2, -0.15) is 0 Å². The molecule has 0 aliphatic rings. The Morgan fingerprint density at radius 1 is 1.10 bits per heavy atom. The monoisotopic (exact) mass is 410 g/mol. The van der Waals surface area contributed by atoms with E-state index in [1.807, 2.05) is 13.8 Å². The van der Waals surface area contributed by atoms with E-state index in [4.69, 9.17) is 9.84 Å². The lowest BCUT2D eigenvalue weighted by molar-refractivity contribution is -0.145. The molecule has 0 saturated carbocycles. The van der Waals surface area contributed by atoms with Crippen LogP contribution >= 0.6 is 0 Å². The summed E-state index contributed by atoms with van der Waals surface area (Å²) in [5, 5.41) is 9.08. The quantitative estimate of drug-likeness (QED) is 0.676. The average Bonchev–Trinajstić information content (AvgIpc) is 2.56. The smallest absolute Gasteiger partial charge is 0.410 e. The molecule has 0 fully saturated rings. The molecular weight excluding hydrogens is 379 g/mol. The number of ether oxygens (including phenoxy) is 1. The largest absolute Gasteiger partial charge is 0.480 e. The van der Waals surface area contributed by atoms with Gasteiger partial charge in [0.25, 0.3) is 0 Å². The van der Waals surface area contributed by atoms with Gasteiger partial charge in [0.1, 0.15) is 24.5 Å². The third-order valence-electron chi connectivity index (χ3n) is 3.85. The van der Waals surface area contributed by atoms with E-state index in [9.17, 15) is 18.8 Å². The third kappa shape index (κ3) is 9.40. The first-order valence-electron chi connectivity index (χ1n) is 9.60. The maximum Gasteiger partial charge on any atom is 0.410 e. The Morgan fingerprint density at radius 3 is 2.24 bits per heavy atom. The number of hydrogen-bond donors (Lipinski definition) is 1. The first kappa shape index (κ1) is 24.4. The van der Waals surface area contributed by atoms with E-state index in [-0.39, 0.29) is 32.0 Å². The summed E-state index contributed by atoms with van der Waals surface area (Å²) in [5.74, 6) is -1.96. The van der Waals surface area contributed by atoms with Crippen LogP contribution in [0.3, 0.4) is 0 Å². The molecule has 7 nitrogen and oxygen atoms in total. The first-order chi connectivity index (χ1) is 13.4. The van der Waals surface area contributed by atoms with Gasteiger partial charge in [0.2, 0.25) is 5.91 Å². The second kappa shape index (κ2) is 10.8. The molecule has 0 spiro atoms. The van der Waals surface area contributed by atoms with Crippen molar-refractivity contribution in [3.63, 3.8) is 0 Å². The van der Waals surface area contributed by atoms with Crippen molar-refractivity contribution < 1.29 is 28.6 Å². The summed E-state index contributed by atoms with van der Waals surface area (Å²) in [6, 6.07) is 6.21. The maximum absolute atomic E-state index is 13.9. The summed E-state index contributed by atoms with van der Waals surface area (Å²) < 4.78 is 19.3. The van der Waals surface area contributed by atoms with Crippen LogP contribution in [0.15, 0.2) is 24.3 Å². The zero-order valence-electron chi connectivity index (χ0n) is 17.8. The van der Waals surface area contributed by atoms with Gasteiger partial charge >= 0.3 is 12.1 Å². The molecule has 0 saturated heterocycles. The standard InChI is InChI=1S/C21H31FN2O5/c1-15(2)12-24(14-19(26)27)18(25)13-23(20(28)29-21(3,4)5)11-10-16-8-6-7-9-17(16)22/h6-9,15H,10-14H2,1-5H3,(H,26,27). The summed E-state index contributed by atoms with van der Waals surface area (Å²) in [6.07, 6.45) is -0.510. The van der Waals surface area contributed by atoms with Crippen LogP contribution in [-0.2, 0) is 20.7 Å². The number of carbonyl (C=O) groups is 3. The van der Waals surface area contributed by atoms with Crippen LogP contribution in [-0.4, -0.2) is 64.7 Å². The predicted molar refractivity (Wildman–Crippen MR) is 107 cm³/mol. The number of aliphatic carboxylic acids is 1. The molecule has 162 valence electrons. The molecule has 8 heteroatoms. The van der Waals surface area contributed by atoms with E-state index >= 15 is 0 Å². The molecular formula is C21H31FN2O5. The van der Waals surface area contributed by atoms with Gasteiger partial charge in [-0.05, 0) is 44.7 Å². The number of rotatable bonds is 9. The summed E-state index contributed by atoms with van der Waals surface area (Å²) in [5.41, 5.74) is -0.354. The van der Waals surface area contributed by atoms with E-state index in [2.05, 4.69) is 0 Å². The highest BCUT2D eigenvalue weighted by atomic mass is 19.1. The first-order valence-corrected chi connectivity index (χ1v) is 9.60. The highest BCUT2D eigenvalue weighted by Crippen LogP contribution is 2.13. The Hall–Kier alpha value is -2.64. The SMILES string of the molecule is CC(C)CN(CC(=O)O)C(=O)CN(CCc1ccccc1F)C(=O)OC(C)(C)C. The lowest BCUT2D eigenvalue weighted by Crippen LogP contribution is -2.47. The minimum Gasteiger partial charge on any atom is -0.480 e. The second-order valence-corrected chi connectivity index (χ2v) is 8.31. The molecule has 1 aromatic rings. The Balaban J connectivity index is 2.96. The average molecular weight is 410 g/mol. The van der Waals surface area contributed by atoms with E-state index in [1.165, 1.54) is 15.9 Å². The van der Waals surface area contributed by atoms with Gasteiger partial charge in [0.15, 0.2) is 0 Å². The van der Waals surface area contributed by atoms with Crippen molar-refractivity contribution >= 4 is 18.0 Å². The molecule has 0 atom stereocenters. The number of hydrogen-bond acceptors (Lipinski definition) is 4. The Labute approximate surface area is 171 Å². The van der Waals surface area contributed by atoms with Gasteiger partial charge in [0.05, 0.1) is 0 Å². The van der Waals surface area contributed by atoms with Crippen molar-refractivity contribution in [3.8, 4) is 0 Å². The van der Waals surface area contributed by atoms with Crippen LogP contribution in [0.4, 0.5) is 9.18 Å². The van der Waals surface area contributed by atoms with Crippen LogP contribution < -0.4 is 0 Å². The Kier molecular flexibility index (Phi) is 9.07. The van der Waals surface area contributed by atoms with Crippen molar-refractivity contribution in [2.45, 2.75) is 46.6 Å². The van der Waals surface area contributed by atoms with Crippen molar-refractivity contribution in [1.82, 2.24) is 9.80 Å². The summed E-state index contributed by atoms with van der Waals surface area (Å²) in [7, 11) is 0. The molecule has 0 aromatic heterocycles. The van der Waals surface area contributed by atoms with Crippen molar-refractivity contribution in [2.75, 3.05) is 26.2 Å². The fourth-order valence-corrected chi connectivity index (χ4v) is 2.64. The summed E-state index contributed by atoms with van der Waals surface area (Å²) in [6.45, 7) is 8.37. The van der Waals surface area contributed by atoms with Crippen LogP contribution in [0.1, 0.15) is 40.2 Å². The minimum absolute atomic E-state index is 0.0597. The van der Waals surface area contributed by atoms with E-state index in [0.29, 0.717) is 5.56 Å². The normalized spacial score (nSPS) is 11.3. The summed E-state index contributed by atoms with van der Waals surface area (Å²) >= 11 is 0. The van der Waals surface area contributed by atoms with Crippen molar-refractivity contribution in [3.05, 3.63) is 35.6 Å². The van der Waals surface area contributed by atoms with E-state index < -0.39 is 35.9 Å². The third-order valence-corrected chi connectivity index (χ3v) is 3.85. The summed E-state index contributed by atoms with van der Waals surface area (Å²) in [4.78, 5) is 38.8. The number of carboxylic acid groups (broad SMARTS) is 1. The molecule has 0 aliphatic heterocycles. The highest BCUT2D eigenvalue weighted by molar-refractivity contribution is 5.85. The van der Waals surface area contributed by atoms with Gasteiger partial charge in [-0.1, -0.05) is 32.0 Å². The predicted octanol–water partition coefficient (Wildman–Crippen LogP) is 3.17. The number of halogens is 1. The van der Waals surface area contributed by atoms with Crippen LogP contribution in [0.5, 0.6) is 0 Å². The topological polar surface area (TPSA) is 87.2 Å². The molecule has 0 bridgehead atoms. The lowest BCUT2D eigenvalue weighted by atomic mass is 10.1. The number of carboxylic acids is 1. The number of nitrogens with zero attached hydrogens (tertiary/aromatic N) is 2. The molecule has 0 heterocycles. The molecule has 0 unspecified atom stereocenters. The Bertz CT molecular complexity index is 715. The van der Waals surface area contributed by atoms with Crippen LogP contribution in [0.2, 0.25) is 0 Å². The van der Waals surface area contributed by atoms with Gasteiger partial charge in [0, 0.05) is 13.1 Å². The Morgan fingerprint density at radius 2 is 1.72 bits per heavy atom. The molecule has 1 N–H and O–H groups in total. The number of benzene rings is 1. The fourth-order valence-electron chi connectivity index (χ4n) is 2.64. The molecule has 1 rings (SSSR count). The van der Waals surface area contributed by atoms with Crippen molar-refractivity contribution in [2.24, 2.45) is 5.92 Å². The molecule has 0 aliphatic carbocycles. The van der Waals surface area contributed by atoms with Gasteiger partial charge in [-0.15, -0.1) is 0 Å². The van der Waals surface area contributed by atoms with Crippen LogP contribution in [0, 0.1) is 11.7 Å². The number of amides is 2. The maximum atomic E-state index is 13.9. The van der Waals surface area contributed by atoms with Crippen molar-refractivity contribution in [1.29, 1.82) is 0 Å². The zero-order chi connectivity index (χ0) is 22.2. The molecule has 2 amide bonds. The minimum atomic E-state index is -1.13.